The molecular weight excluding hydrogens is 482 g/mol. The van der Waals surface area contributed by atoms with Crippen molar-refractivity contribution >= 4 is 46.7 Å². The molecule has 0 aromatic heterocycles. The van der Waals surface area contributed by atoms with Gasteiger partial charge in [0, 0.05) is 23.8 Å². The molecule has 0 spiro atoms. The van der Waals surface area contributed by atoms with Gasteiger partial charge in [-0.15, -0.1) is 0 Å². The topological polar surface area (TPSA) is 96.0 Å². The lowest BCUT2D eigenvalue weighted by Gasteiger charge is -2.33. The quantitative estimate of drug-likeness (QED) is 0.429. The van der Waals surface area contributed by atoms with E-state index in [0.717, 1.165) is 30.7 Å². The van der Waals surface area contributed by atoms with Crippen molar-refractivity contribution in [2.24, 2.45) is 0 Å². The first-order chi connectivity index (χ1) is 17.3. The molecule has 2 aliphatic rings. The van der Waals surface area contributed by atoms with Crippen molar-refractivity contribution in [2.45, 2.75) is 45.6 Å². The molecule has 2 aliphatic heterocycles. The molecule has 2 aromatic carbocycles. The van der Waals surface area contributed by atoms with E-state index in [2.05, 4.69) is 12.2 Å². The number of hydrogen-bond acceptors (Lipinski definition) is 6. The number of benzene rings is 2. The number of halogens is 1. The Morgan fingerprint density at radius 2 is 1.67 bits per heavy atom. The van der Waals surface area contributed by atoms with Crippen LogP contribution in [0, 0.1) is 0 Å². The summed E-state index contributed by atoms with van der Waals surface area (Å²) in [5.41, 5.74) is 1.61. The number of piperidine rings is 1. The van der Waals surface area contributed by atoms with Crippen LogP contribution in [0.5, 0.6) is 0 Å². The van der Waals surface area contributed by atoms with Gasteiger partial charge in [-0.3, -0.25) is 14.4 Å². The summed E-state index contributed by atoms with van der Waals surface area (Å²) in [5.74, 6) is -1.78. The minimum absolute atomic E-state index is 0.0219. The number of amides is 3. The number of imide groups is 1. The summed E-state index contributed by atoms with van der Waals surface area (Å²) in [6.07, 6.45) is 3.83. The molecule has 1 fully saturated rings. The Labute approximate surface area is 214 Å². The van der Waals surface area contributed by atoms with E-state index in [0.29, 0.717) is 29.8 Å². The molecule has 2 aromatic rings. The van der Waals surface area contributed by atoms with Gasteiger partial charge in [-0.05, 0) is 81.1 Å². The fraction of sp³-hybridized carbons (Fsp3) is 0.333. The number of anilines is 2. The van der Waals surface area contributed by atoms with Crippen LogP contribution in [0.25, 0.3) is 0 Å². The number of carbonyl (C=O) groups is 4. The van der Waals surface area contributed by atoms with Gasteiger partial charge in [0.2, 0.25) is 0 Å². The molecule has 0 bridgehead atoms. The van der Waals surface area contributed by atoms with Crippen molar-refractivity contribution in [3.63, 3.8) is 0 Å². The van der Waals surface area contributed by atoms with Gasteiger partial charge in [0.05, 0.1) is 17.9 Å². The molecule has 1 N–H and O–H groups in total. The molecule has 0 aliphatic carbocycles. The number of ether oxygens (including phenoxy) is 1. The number of likely N-dealkylation sites (tertiary alicyclic amines) is 1. The second kappa shape index (κ2) is 11.0. The molecule has 1 atom stereocenters. The summed E-state index contributed by atoms with van der Waals surface area (Å²) < 4.78 is 5.10. The summed E-state index contributed by atoms with van der Waals surface area (Å²) in [7, 11) is 0. The third-order valence-corrected chi connectivity index (χ3v) is 6.64. The highest BCUT2D eigenvalue weighted by atomic mass is 35.5. The van der Waals surface area contributed by atoms with Gasteiger partial charge >= 0.3 is 5.97 Å². The second-order valence-electron chi connectivity index (χ2n) is 8.86. The summed E-state index contributed by atoms with van der Waals surface area (Å²) >= 11 is 6.23. The lowest BCUT2D eigenvalue weighted by molar-refractivity contribution is -0.120. The van der Waals surface area contributed by atoms with Gasteiger partial charge in [0.15, 0.2) is 0 Å². The third-order valence-electron chi connectivity index (χ3n) is 6.29. The first-order valence-electron chi connectivity index (χ1n) is 12.1. The van der Waals surface area contributed by atoms with Crippen molar-refractivity contribution in [2.75, 3.05) is 23.4 Å². The Bertz CT molecular complexity index is 1210. The van der Waals surface area contributed by atoms with Gasteiger partial charge in [-0.2, -0.15) is 0 Å². The van der Waals surface area contributed by atoms with E-state index in [1.807, 2.05) is 11.8 Å². The summed E-state index contributed by atoms with van der Waals surface area (Å²) in [6, 6.07) is 12.9. The predicted molar refractivity (Wildman–Crippen MR) is 137 cm³/mol. The van der Waals surface area contributed by atoms with Crippen molar-refractivity contribution < 1.29 is 23.9 Å². The molecule has 1 unspecified atom stereocenters. The van der Waals surface area contributed by atoms with Gasteiger partial charge < -0.3 is 15.0 Å². The van der Waals surface area contributed by atoms with Crippen molar-refractivity contribution in [3.8, 4) is 0 Å². The molecule has 188 valence electrons. The molecule has 0 saturated carbocycles. The zero-order valence-corrected chi connectivity index (χ0v) is 21.0. The molecule has 2 heterocycles. The maximum absolute atomic E-state index is 13.1. The van der Waals surface area contributed by atoms with Crippen LogP contribution in [-0.4, -0.2) is 47.8 Å². The number of carbonyl (C=O) groups excluding carboxylic acids is 4. The van der Waals surface area contributed by atoms with E-state index < -0.39 is 17.8 Å². The molecule has 9 heteroatoms. The Kier molecular flexibility index (Phi) is 7.74. The molecule has 8 nitrogen and oxygen atoms in total. The SMILES string of the molecule is CCCOC(=O)c1ccc(N2C(=O)C(Cl)=C(Nc3ccc(C(=O)N4CCCCC4C)cc3)C2=O)cc1. The average Bonchev–Trinajstić information content (AvgIpc) is 3.10. The Hall–Kier alpha value is -3.65. The van der Waals surface area contributed by atoms with E-state index in [-0.39, 0.29) is 28.4 Å². The van der Waals surface area contributed by atoms with Crippen LogP contribution in [0.1, 0.15) is 60.2 Å². The highest BCUT2D eigenvalue weighted by molar-refractivity contribution is 6.53. The number of hydrogen-bond donors (Lipinski definition) is 1. The van der Waals surface area contributed by atoms with Crippen LogP contribution in [-0.2, 0) is 14.3 Å². The first-order valence-corrected chi connectivity index (χ1v) is 12.4. The lowest BCUT2D eigenvalue weighted by atomic mass is 10.0. The molecule has 0 radical (unpaired) electrons. The number of esters is 1. The number of nitrogens with one attached hydrogen (secondary N) is 1. The van der Waals surface area contributed by atoms with E-state index in [9.17, 15) is 19.2 Å². The Morgan fingerprint density at radius 3 is 2.31 bits per heavy atom. The van der Waals surface area contributed by atoms with Gasteiger partial charge in [0.1, 0.15) is 10.7 Å². The summed E-state index contributed by atoms with van der Waals surface area (Å²) in [6.45, 7) is 5.01. The van der Waals surface area contributed by atoms with E-state index in [4.69, 9.17) is 16.3 Å². The zero-order valence-electron chi connectivity index (χ0n) is 20.3. The minimum atomic E-state index is -0.670. The Morgan fingerprint density at radius 1 is 1.00 bits per heavy atom. The normalized spacial score (nSPS) is 18.0. The molecule has 36 heavy (non-hydrogen) atoms. The predicted octanol–water partition coefficient (Wildman–Crippen LogP) is 4.70. The maximum Gasteiger partial charge on any atom is 0.338 e. The molecular formula is C27H28ClN3O5. The highest BCUT2D eigenvalue weighted by Crippen LogP contribution is 2.30. The van der Waals surface area contributed by atoms with Gasteiger partial charge in [-0.25, -0.2) is 9.69 Å². The first kappa shape index (κ1) is 25.4. The van der Waals surface area contributed by atoms with Crippen molar-refractivity contribution in [3.05, 3.63) is 70.4 Å². The van der Waals surface area contributed by atoms with Gasteiger partial charge in [-0.1, -0.05) is 18.5 Å². The fourth-order valence-electron chi connectivity index (χ4n) is 4.28. The lowest BCUT2D eigenvalue weighted by Crippen LogP contribution is -2.42. The largest absolute Gasteiger partial charge is 0.462 e. The van der Waals surface area contributed by atoms with Crippen LogP contribution in [0.2, 0.25) is 0 Å². The van der Waals surface area contributed by atoms with Gasteiger partial charge in [0.25, 0.3) is 17.7 Å². The second-order valence-corrected chi connectivity index (χ2v) is 9.24. The fourth-order valence-corrected chi connectivity index (χ4v) is 4.49. The molecule has 4 rings (SSSR count). The number of nitrogens with zero attached hydrogens (tertiary/aromatic N) is 2. The summed E-state index contributed by atoms with van der Waals surface area (Å²) in [4.78, 5) is 53.5. The van der Waals surface area contributed by atoms with Crippen LogP contribution in [0.4, 0.5) is 11.4 Å². The minimum Gasteiger partial charge on any atom is -0.462 e. The van der Waals surface area contributed by atoms with E-state index in [1.54, 1.807) is 24.3 Å². The van der Waals surface area contributed by atoms with Crippen molar-refractivity contribution in [1.82, 2.24) is 4.90 Å². The standard InChI is InChI=1S/C27H28ClN3O5/c1-3-16-36-27(35)19-9-13-21(14-10-19)31-25(33)22(28)23(26(31)34)29-20-11-7-18(8-12-20)24(32)30-15-5-4-6-17(30)2/h7-14,17,29H,3-6,15-16H2,1-2H3. The van der Waals surface area contributed by atoms with Crippen LogP contribution >= 0.6 is 11.6 Å². The van der Waals surface area contributed by atoms with Crippen LogP contribution in [0.3, 0.4) is 0 Å². The van der Waals surface area contributed by atoms with Crippen LogP contribution in [0.15, 0.2) is 59.3 Å². The Balaban J connectivity index is 1.45. The highest BCUT2D eigenvalue weighted by Gasteiger charge is 2.39. The smallest absolute Gasteiger partial charge is 0.338 e. The zero-order chi connectivity index (χ0) is 25.8. The third kappa shape index (κ3) is 5.14. The summed E-state index contributed by atoms with van der Waals surface area (Å²) in [5, 5.41) is 2.67. The van der Waals surface area contributed by atoms with E-state index >= 15 is 0 Å². The average molecular weight is 510 g/mol. The monoisotopic (exact) mass is 509 g/mol. The maximum atomic E-state index is 13.1. The van der Waals surface area contributed by atoms with Crippen molar-refractivity contribution in [1.29, 1.82) is 0 Å². The van der Waals surface area contributed by atoms with Crippen LogP contribution < -0.4 is 10.2 Å². The van der Waals surface area contributed by atoms with E-state index in [1.165, 1.54) is 24.3 Å². The number of rotatable bonds is 7. The molecule has 1 saturated heterocycles. The molecule has 3 amide bonds.